The van der Waals surface area contributed by atoms with Gasteiger partial charge in [0.15, 0.2) is 0 Å². The summed E-state index contributed by atoms with van der Waals surface area (Å²) >= 11 is 0. The van der Waals surface area contributed by atoms with Gasteiger partial charge in [0.25, 0.3) is 6.43 Å². The van der Waals surface area contributed by atoms with E-state index in [2.05, 4.69) is 4.98 Å². The van der Waals surface area contributed by atoms with Gasteiger partial charge in [-0.1, -0.05) is 0 Å². The first-order valence-corrected chi connectivity index (χ1v) is 12.4. The van der Waals surface area contributed by atoms with Crippen molar-refractivity contribution in [1.29, 1.82) is 0 Å². The van der Waals surface area contributed by atoms with Crippen molar-refractivity contribution in [3.63, 3.8) is 0 Å². The number of hydrogen-bond donors (Lipinski definition) is 1. The smallest absolute Gasteiger partial charge is 0.377 e. The molecule has 1 saturated heterocycles. The maximum atomic E-state index is 15.2. The molecule has 1 N–H and O–H groups in total. The highest BCUT2D eigenvalue weighted by atomic mass is 32.2. The summed E-state index contributed by atoms with van der Waals surface area (Å²) in [4.78, 5) is 4.05. The molecule has 6 nitrogen and oxygen atoms in total. The number of halogens is 7. The summed E-state index contributed by atoms with van der Waals surface area (Å²) in [6.45, 7) is 0.268. The third-order valence-corrected chi connectivity index (χ3v) is 8.12. The Kier molecular flexibility index (Phi) is 6.03. The second-order valence-electron chi connectivity index (χ2n) is 8.73. The average Bonchev–Trinajstić information content (AvgIpc) is 3.55. The van der Waals surface area contributed by atoms with Gasteiger partial charge in [0, 0.05) is 22.7 Å². The van der Waals surface area contributed by atoms with Gasteiger partial charge in [0.2, 0.25) is 10.0 Å². The van der Waals surface area contributed by atoms with Crippen LogP contribution in [-0.4, -0.2) is 42.9 Å². The van der Waals surface area contributed by atoms with Crippen LogP contribution in [-0.2, 0) is 20.9 Å². The van der Waals surface area contributed by atoms with Gasteiger partial charge in [0.1, 0.15) is 29.0 Å². The van der Waals surface area contributed by atoms with E-state index in [9.17, 15) is 34.8 Å². The van der Waals surface area contributed by atoms with Crippen molar-refractivity contribution in [3.8, 4) is 11.3 Å². The number of benzene rings is 1. The third-order valence-electron chi connectivity index (χ3n) is 6.19. The molecular formula is C22H18F7N3O3S. The molecule has 14 heteroatoms. The molecule has 3 aromatic rings. The van der Waals surface area contributed by atoms with Gasteiger partial charge in [-0.15, -0.1) is 0 Å². The fourth-order valence-electron chi connectivity index (χ4n) is 4.13. The predicted molar refractivity (Wildman–Crippen MR) is 114 cm³/mol. The first-order chi connectivity index (χ1) is 16.9. The van der Waals surface area contributed by atoms with Crippen LogP contribution in [0.5, 0.6) is 0 Å². The Morgan fingerprint density at radius 2 is 1.81 bits per heavy atom. The minimum Gasteiger partial charge on any atom is -0.377 e. The molecule has 1 atom stereocenters. The van der Waals surface area contributed by atoms with Crippen molar-refractivity contribution >= 4 is 21.1 Å². The van der Waals surface area contributed by atoms with Crippen LogP contribution in [0.1, 0.15) is 36.1 Å². The van der Waals surface area contributed by atoms with Crippen LogP contribution < -0.4 is 4.72 Å². The van der Waals surface area contributed by atoms with Crippen LogP contribution in [0.2, 0.25) is 0 Å². The highest BCUT2D eigenvalue weighted by Crippen LogP contribution is 2.41. The normalized spacial score (nSPS) is 18.1. The van der Waals surface area contributed by atoms with Crippen molar-refractivity contribution in [2.24, 2.45) is 0 Å². The minimum atomic E-state index is -5.03. The molecule has 0 unspecified atom stereocenters. The first kappa shape index (κ1) is 25.0. The highest BCUT2D eigenvalue weighted by molar-refractivity contribution is 7.90. The summed E-state index contributed by atoms with van der Waals surface area (Å²) in [5.41, 5.74) is -3.36. The Bertz CT molecular complexity index is 1430. The molecule has 0 amide bonds. The van der Waals surface area contributed by atoms with Gasteiger partial charge in [-0.05, 0) is 37.1 Å². The lowest BCUT2D eigenvalue weighted by Gasteiger charge is -2.28. The summed E-state index contributed by atoms with van der Waals surface area (Å²) < 4.78 is 131. The van der Waals surface area contributed by atoms with Gasteiger partial charge in [-0.3, -0.25) is 0 Å². The lowest BCUT2D eigenvalue weighted by Crippen LogP contribution is -2.35. The molecular weight excluding hydrogens is 519 g/mol. The first-order valence-electron chi connectivity index (χ1n) is 10.8. The highest BCUT2D eigenvalue weighted by Gasteiger charge is 2.41. The molecule has 5 rings (SSSR count). The van der Waals surface area contributed by atoms with E-state index in [4.69, 9.17) is 4.74 Å². The van der Waals surface area contributed by atoms with E-state index in [1.165, 1.54) is 10.8 Å². The van der Waals surface area contributed by atoms with Gasteiger partial charge < -0.3 is 9.30 Å². The summed E-state index contributed by atoms with van der Waals surface area (Å²) in [5.74, 6) is -2.46. The molecule has 1 saturated carbocycles. The van der Waals surface area contributed by atoms with E-state index in [1.807, 2.05) is 4.72 Å². The fourth-order valence-corrected chi connectivity index (χ4v) is 5.66. The van der Waals surface area contributed by atoms with Crippen molar-refractivity contribution in [2.45, 2.75) is 42.8 Å². The molecule has 1 aromatic carbocycles. The number of pyridine rings is 1. The quantitative estimate of drug-likeness (QED) is 0.433. The van der Waals surface area contributed by atoms with Crippen molar-refractivity contribution in [2.75, 3.05) is 13.2 Å². The van der Waals surface area contributed by atoms with E-state index in [0.29, 0.717) is 12.8 Å². The Balaban J connectivity index is 1.70. The minimum absolute atomic E-state index is 0.134. The monoisotopic (exact) mass is 537 g/mol. The van der Waals surface area contributed by atoms with Crippen LogP contribution >= 0.6 is 0 Å². The van der Waals surface area contributed by atoms with Crippen molar-refractivity contribution in [1.82, 2.24) is 14.3 Å². The van der Waals surface area contributed by atoms with Crippen LogP contribution in [0.25, 0.3) is 22.3 Å². The number of nitrogens with one attached hydrogen (secondary N) is 1. The zero-order valence-corrected chi connectivity index (χ0v) is 19.0. The largest absolute Gasteiger partial charge is 0.417 e. The van der Waals surface area contributed by atoms with Crippen molar-refractivity contribution < 1.29 is 43.9 Å². The Morgan fingerprint density at radius 1 is 1.11 bits per heavy atom. The van der Waals surface area contributed by atoms with Gasteiger partial charge in [-0.2, -0.15) is 13.2 Å². The molecule has 2 aromatic heterocycles. The summed E-state index contributed by atoms with van der Waals surface area (Å²) in [6.07, 6.45) is -6.41. The second kappa shape index (κ2) is 8.70. The lowest BCUT2D eigenvalue weighted by atomic mass is 10.0. The zero-order valence-electron chi connectivity index (χ0n) is 18.2. The molecule has 3 heterocycles. The molecule has 36 heavy (non-hydrogen) atoms. The van der Waals surface area contributed by atoms with E-state index >= 15 is 4.39 Å². The van der Waals surface area contributed by atoms with E-state index < -0.39 is 68.4 Å². The second-order valence-corrected chi connectivity index (χ2v) is 10.7. The lowest BCUT2D eigenvalue weighted by molar-refractivity contribution is -0.137. The van der Waals surface area contributed by atoms with Crippen LogP contribution in [0.3, 0.4) is 0 Å². The number of nitrogens with zero attached hydrogens (tertiary/aromatic N) is 2. The van der Waals surface area contributed by atoms with E-state index in [1.54, 1.807) is 0 Å². The zero-order chi connectivity index (χ0) is 26.0. The number of aromatic nitrogens is 2. The molecule has 0 bridgehead atoms. The Morgan fingerprint density at radius 3 is 2.36 bits per heavy atom. The van der Waals surface area contributed by atoms with Gasteiger partial charge in [-0.25, -0.2) is 35.7 Å². The van der Waals surface area contributed by atoms with Gasteiger partial charge in [0.05, 0.1) is 30.1 Å². The van der Waals surface area contributed by atoms with E-state index in [0.717, 1.165) is 18.2 Å². The standard InChI is InChI=1S/C22H18F7N3O3S/c23-10-1-4-13(16(5-10)22(27,28)29)18-17(24)6-14-15(7-32(21(14)30-18)11-8-35-9-11)19(20(25)26)31-36(33,34)12-2-3-12/h1,4-7,11-12,19-20,31H,2-3,8-9H2/t19-/m0/s1. The SMILES string of the molecule is O=S(=O)(N[C@@H](c1cn(C2COC2)c2nc(-c3ccc(F)cc3C(F)(F)F)c(F)cc12)C(F)F)C1CC1. The fraction of sp³-hybridized carbons (Fsp3) is 0.409. The summed E-state index contributed by atoms with van der Waals surface area (Å²) in [6, 6.07) is -0.0660. The summed E-state index contributed by atoms with van der Waals surface area (Å²) in [5, 5.41) is -0.990. The number of rotatable bonds is 7. The van der Waals surface area contributed by atoms with Crippen molar-refractivity contribution in [3.05, 3.63) is 53.2 Å². The number of fused-ring (bicyclic) bond motifs is 1. The number of ether oxygens (including phenoxy) is 1. The molecule has 2 fully saturated rings. The van der Waals surface area contributed by atoms with Crippen LogP contribution in [0, 0.1) is 11.6 Å². The molecule has 2 aliphatic rings. The molecule has 1 aliphatic heterocycles. The number of sulfonamides is 1. The molecule has 0 spiro atoms. The predicted octanol–water partition coefficient (Wildman–Crippen LogP) is 4.96. The Hall–Kier alpha value is -2.71. The van der Waals surface area contributed by atoms with Gasteiger partial charge >= 0.3 is 6.18 Å². The molecule has 1 aliphatic carbocycles. The third kappa shape index (κ3) is 4.45. The summed E-state index contributed by atoms with van der Waals surface area (Å²) in [7, 11) is -4.08. The Labute approximate surface area is 200 Å². The average molecular weight is 537 g/mol. The van der Waals surface area contributed by atoms with E-state index in [-0.39, 0.29) is 35.9 Å². The van der Waals surface area contributed by atoms with Crippen LogP contribution in [0.15, 0.2) is 30.5 Å². The topological polar surface area (TPSA) is 73.2 Å². The number of alkyl halides is 5. The maximum absolute atomic E-state index is 15.2. The maximum Gasteiger partial charge on any atom is 0.417 e. The molecule has 0 radical (unpaired) electrons. The van der Waals surface area contributed by atoms with Crippen LogP contribution in [0.4, 0.5) is 30.7 Å². The molecule has 194 valence electrons. The number of hydrogen-bond acceptors (Lipinski definition) is 4.